The Morgan fingerprint density at radius 3 is 2.50 bits per heavy atom. The highest BCUT2D eigenvalue weighted by Gasteiger charge is 2.32. The van der Waals surface area contributed by atoms with Crippen LogP contribution in [0.5, 0.6) is 5.75 Å². The van der Waals surface area contributed by atoms with Gasteiger partial charge in [0.15, 0.2) is 0 Å². The Bertz CT molecular complexity index is 433. The molecule has 18 heavy (non-hydrogen) atoms. The van der Waals surface area contributed by atoms with Crippen LogP contribution in [0.4, 0.5) is 18.9 Å². The first kappa shape index (κ1) is 13.5. The number of rotatable bonds is 3. The first-order chi connectivity index (χ1) is 8.33. The summed E-state index contributed by atoms with van der Waals surface area (Å²) in [5.74, 6) is -0.252. The predicted molar refractivity (Wildman–Crippen MR) is 65.4 cm³/mol. The Hall–Kier alpha value is -0.950. The molecule has 0 spiro atoms. The third-order valence-electron chi connectivity index (χ3n) is 2.70. The van der Waals surface area contributed by atoms with E-state index in [9.17, 15) is 13.2 Å². The Kier molecular flexibility index (Phi) is 3.72. The van der Waals surface area contributed by atoms with Crippen molar-refractivity contribution in [3.63, 3.8) is 0 Å². The van der Waals surface area contributed by atoms with E-state index in [1.807, 2.05) is 0 Å². The van der Waals surface area contributed by atoms with Gasteiger partial charge in [-0.05, 0) is 47.0 Å². The summed E-state index contributed by atoms with van der Waals surface area (Å²) in [6, 6.07) is 4.90. The molecule has 1 aliphatic carbocycles. The maximum absolute atomic E-state index is 12.1. The molecule has 0 amide bonds. The predicted octanol–water partition coefficient (Wildman–Crippen LogP) is 3.25. The number of halogens is 4. The van der Waals surface area contributed by atoms with Gasteiger partial charge in [-0.3, -0.25) is 0 Å². The van der Waals surface area contributed by atoms with Gasteiger partial charge in [-0.1, -0.05) is 0 Å². The Labute approximate surface area is 111 Å². The Morgan fingerprint density at radius 1 is 1.33 bits per heavy atom. The molecule has 1 fully saturated rings. The molecular weight excluding hydrogens is 313 g/mol. The summed E-state index contributed by atoms with van der Waals surface area (Å²) in [7, 11) is 0. The molecular formula is C11H12BrF3N2O. The average Bonchev–Trinajstić information content (AvgIpc) is 2.18. The van der Waals surface area contributed by atoms with Gasteiger partial charge in [0.25, 0.3) is 0 Å². The highest BCUT2D eigenvalue weighted by Crippen LogP contribution is 2.33. The molecule has 0 aromatic heterocycles. The van der Waals surface area contributed by atoms with Gasteiger partial charge in [0.1, 0.15) is 5.75 Å². The molecule has 0 radical (unpaired) electrons. The molecule has 1 aromatic carbocycles. The zero-order valence-corrected chi connectivity index (χ0v) is 10.9. The summed E-state index contributed by atoms with van der Waals surface area (Å²) in [5, 5.41) is 3.19. The van der Waals surface area contributed by atoms with Crippen LogP contribution in [0, 0.1) is 0 Å². The summed E-state index contributed by atoms with van der Waals surface area (Å²) < 4.78 is 40.3. The SMILES string of the molecule is NC1CC(Nc2ccc(OC(F)(F)F)c(Br)c2)C1. The molecule has 0 saturated heterocycles. The zero-order valence-electron chi connectivity index (χ0n) is 9.30. The van der Waals surface area contributed by atoms with Crippen LogP contribution in [0.25, 0.3) is 0 Å². The fourth-order valence-electron chi connectivity index (χ4n) is 1.81. The first-order valence-electron chi connectivity index (χ1n) is 5.41. The molecule has 0 heterocycles. The van der Waals surface area contributed by atoms with Crippen LogP contribution >= 0.6 is 15.9 Å². The lowest BCUT2D eigenvalue weighted by molar-refractivity contribution is -0.274. The van der Waals surface area contributed by atoms with Crippen molar-refractivity contribution in [2.75, 3.05) is 5.32 Å². The molecule has 2 rings (SSSR count). The lowest BCUT2D eigenvalue weighted by Crippen LogP contribution is -2.44. The monoisotopic (exact) mass is 324 g/mol. The van der Waals surface area contributed by atoms with E-state index in [-0.39, 0.29) is 16.3 Å². The standard InChI is InChI=1S/C11H12BrF3N2O/c12-9-5-7(17-8-3-6(16)4-8)1-2-10(9)18-11(13,14)15/h1-2,5-6,8,17H,3-4,16H2. The van der Waals surface area contributed by atoms with Crippen molar-refractivity contribution in [2.45, 2.75) is 31.3 Å². The molecule has 7 heteroatoms. The van der Waals surface area contributed by atoms with E-state index in [2.05, 4.69) is 26.0 Å². The lowest BCUT2D eigenvalue weighted by atomic mass is 9.87. The highest BCUT2D eigenvalue weighted by molar-refractivity contribution is 9.10. The van der Waals surface area contributed by atoms with Crippen molar-refractivity contribution in [3.8, 4) is 5.75 Å². The quantitative estimate of drug-likeness (QED) is 0.897. The maximum atomic E-state index is 12.1. The van der Waals surface area contributed by atoms with Crippen LogP contribution in [-0.4, -0.2) is 18.4 Å². The molecule has 0 atom stereocenters. The van der Waals surface area contributed by atoms with Gasteiger partial charge in [0, 0.05) is 17.8 Å². The second-order valence-electron chi connectivity index (χ2n) is 4.27. The van der Waals surface area contributed by atoms with E-state index in [4.69, 9.17) is 5.73 Å². The van der Waals surface area contributed by atoms with Crippen LogP contribution in [-0.2, 0) is 0 Å². The van der Waals surface area contributed by atoms with Gasteiger partial charge >= 0.3 is 6.36 Å². The number of ether oxygens (including phenoxy) is 1. The topological polar surface area (TPSA) is 47.3 Å². The van der Waals surface area contributed by atoms with Gasteiger partial charge in [-0.2, -0.15) is 0 Å². The number of nitrogens with one attached hydrogen (secondary N) is 1. The average molecular weight is 325 g/mol. The maximum Gasteiger partial charge on any atom is 0.573 e. The highest BCUT2D eigenvalue weighted by atomic mass is 79.9. The van der Waals surface area contributed by atoms with Crippen molar-refractivity contribution in [3.05, 3.63) is 22.7 Å². The third-order valence-corrected chi connectivity index (χ3v) is 3.32. The number of nitrogens with two attached hydrogens (primary N) is 1. The molecule has 3 nitrogen and oxygen atoms in total. The second-order valence-corrected chi connectivity index (χ2v) is 5.12. The molecule has 3 N–H and O–H groups in total. The molecule has 0 bridgehead atoms. The fourth-order valence-corrected chi connectivity index (χ4v) is 2.27. The minimum atomic E-state index is -4.68. The van der Waals surface area contributed by atoms with Crippen molar-refractivity contribution in [1.82, 2.24) is 0 Å². The van der Waals surface area contributed by atoms with Crippen LogP contribution in [0.1, 0.15) is 12.8 Å². The van der Waals surface area contributed by atoms with Gasteiger partial charge in [-0.15, -0.1) is 13.2 Å². The van der Waals surface area contributed by atoms with E-state index >= 15 is 0 Å². The molecule has 0 unspecified atom stereocenters. The third kappa shape index (κ3) is 3.52. The number of hydrogen-bond donors (Lipinski definition) is 2. The van der Waals surface area contributed by atoms with E-state index < -0.39 is 6.36 Å². The molecule has 1 saturated carbocycles. The van der Waals surface area contributed by atoms with E-state index in [1.165, 1.54) is 6.07 Å². The number of anilines is 1. The van der Waals surface area contributed by atoms with Gasteiger partial charge in [0.2, 0.25) is 0 Å². The fraction of sp³-hybridized carbons (Fsp3) is 0.455. The Morgan fingerprint density at radius 2 is 2.00 bits per heavy atom. The van der Waals surface area contributed by atoms with Crippen LogP contribution in [0.15, 0.2) is 22.7 Å². The van der Waals surface area contributed by atoms with Crippen LogP contribution in [0.3, 0.4) is 0 Å². The van der Waals surface area contributed by atoms with E-state index in [0.29, 0.717) is 6.04 Å². The first-order valence-corrected chi connectivity index (χ1v) is 6.20. The summed E-state index contributed by atoms with van der Waals surface area (Å²) >= 11 is 3.05. The Balaban J connectivity index is 2.01. The van der Waals surface area contributed by atoms with Crippen LogP contribution in [0.2, 0.25) is 0 Å². The van der Waals surface area contributed by atoms with Crippen molar-refractivity contribution in [1.29, 1.82) is 0 Å². The van der Waals surface area contributed by atoms with E-state index in [1.54, 1.807) is 12.1 Å². The van der Waals surface area contributed by atoms with Gasteiger partial charge in [-0.25, -0.2) is 0 Å². The zero-order chi connectivity index (χ0) is 13.3. The number of alkyl halides is 3. The normalized spacial score (nSPS) is 23.4. The van der Waals surface area contributed by atoms with Crippen LogP contribution < -0.4 is 15.8 Å². The summed E-state index contributed by atoms with van der Waals surface area (Å²) in [4.78, 5) is 0. The summed E-state index contributed by atoms with van der Waals surface area (Å²) in [6.07, 6.45) is -2.94. The number of hydrogen-bond acceptors (Lipinski definition) is 3. The van der Waals surface area contributed by atoms with Crippen molar-refractivity contribution < 1.29 is 17.9 Å². The lowest BCUT2D eigenvalue weighted by Gasteiger charge is -2.33. The molecule has 0 aliphatic heterocycles. The molecule has 100 valence electrons. The van der Waals surface area contributed by atoms with Gasteiger partial charge in [0.05, 0.1) is 4.47 Å². The van der Waals surface area contributed by atoms with E-state index in [0.717, 1.165) is 18.5 Å². The molecule has 1 aliphatic rings. The smallest absolute Gasteiger partial charge is 0.405 e. The summed E-state index contributed by atoms with van der Waals surface area (Å²) in [6.45, 7) is 0. The summed E-state index contributed by atoms with van der Waals surface area (Å²) in [5.41, 5.74) is 6.40. The molecule has 1 aromatic rings. The second kappa shape index (κ2) is 4.97. The van der Waals surface area contributed by atoms with Crippen molar-refractivity contribution in [2.24, 2.45) is 5.73 Å². The minimum Gasteiger partial charge on any atom is -0.405 e. The number of benzene rings is 1. The minimum absolute atomic E-state index is 0.221. The van der Waals surface area contributed by atoms with Gasteiger partial charge < -0.3 is 15.8 Å². The van der Waals surface area contributed by atoms with Crippen molar-refractivity contribution >= 4 is 21.6 Å². The largest absolute Gasteiger partial charge is 0.573 e.